The van der Waals surface area contributed by atoms with E-state index in [4.69, 9.17) is 21.8 Å². The molecule has 0 saturated carbocycles. The lowest BCUT2D eigenvalue weighted by atomic mass is 10.0. The van der Waals surface area contributed by atoms with Crippen molar-refractivity contribution in [2.45, 2.75) is 6.04 Å². The van der Waals surface area contributed by atoms with Gasteiger partial charge in [-0.2, -0.15) is 0 Å². The molecular formula is C11H7ClF3NO. The molecule has 1 aromatic carbocycles. The number of nitrogens with two attached hydrogens (primary N) is 1. The summed E-state index contributed by atoms with van der Waals surface area (Å²) >= 11 is 5.54. The summed E-state index contributed by atoms with van der Waals surface area (Å²) in [5.41, 5.74) is 5.47. The Hall–Kier alpha value is -1.46. The molecule has 0 fully saturated rings. The van der Waals surface area contributed by atoms with Gasteiger partial charge in [0, 0.05) is 11.6 Å². The first-order valence-electron chi connectivity index (χ1n) is 4.64. The van der Waals surface area contributed by atoms with Gasteiger partial charge in [0.1, 0.15) is 11.6 Å². The van der Waals surface area contributed by atoms with E-state index in [1.165, 1.54) is 12.1 Å². The van der Waals surface area contributed by atoms with E-state index in [0.717, 1.165) is 0 Å². The second-order valence-electron chi connectivity index (χ2n) is 3.41. The van der Waals surface area contributed by atoms with Crippen molar-refractivity contribution in [2.24, 2.45) is 5.73 Å². The minimum atomic E-state index is -1.27. The van der Waals surface area contributed by atoms with Crippen LogP contribution in [-0.4, -0.2) is 0 Å². The van der Waals surface area contributed by atoms with Gasteiger partial charge in [0.15, 0.2) is 16.9 Å². The third-order valence-electron chi connectivity index (χ3n) is 2.28. The van der Waals surface area contributed by atoms with Crippen molar-refractivity contribution < 1.29 is 17.6 Å². The van der Waals surface area contributed by atoms with Gasteiger partial charge in [-0.1, -0.05) is 0 Å². The van der Waals surface area contributed by atoms with Crippen molar-refractivity contribution in [3.8, 4) is 0 Å². The highest BCUT2D eigenvalue weighted by atomic mass is 35.5. The molecule has 0 aliphatic rings. The van der Waals surface area contributed by atoms with Gasteiger partial charge in [0.2, 0.25) is 0 Å². The van der Waals surface area contributed by atoms with Crippen LogP contribution in [0.25, 0.3) is 0 Å². The molecule has 2 aromatic rings. The standard InChI is InChI=1S/C11H7ClF3NO/c12-10-2-1-9(17-10)11(16)5-3-7(14)8(15)4-6(5)13/h1-4,11H,16H2. The maximum absolute atomic E-state index is 13.4. The normalized spacial score (nSPS) is 12.8. The first-order valence-corrected chi connectivity index (χ1v) is 5.02. The Kier molecular flexibility index (Phi) is 3.13. The molecule has 1 heterocycles. The zero-order valence-electron chi connectivity index (χ0n) is 8.38. The summed E-state index contributed by atoms with van der Waals surface area (Å²) in [7, 11) is 0. The highest BCUT2D eigenvalue weighted by molar-refractivity contribution is 6.28. The van der Waals surface area contributed by atoms with Crippen LogP contribution < -0.4 is 5.73 Å². The highest BCUT2D eigenvalue weighted by Gasteiger charge is 2.19. The summed E-state index contributed by atoms with van der Waals surface area (Å²) < 4.78 is 44.1. The maximum Gasteiger partial charge on any atom is 0.193 e. The van der Waals surface area contributed by atoms with Crippen LogP contribution in [0.2, 0.25) is 5.22 Å². The van der Waals surface area contributed by atoms with Gasteiger partial charge in [-0.3, -0.25) is 0 Å². The minimum Gasteiger partial charge on any atom is -0.448 e. The van der Waals surface area contributed by atoms with Crippen molar-refractivity contribution in [1.82, 2.24) is 0 Å². The lowest BCUT2D eigenvalue weighted by Crippen LogP contribution is -2.13. The Morgan fingerprint density at radius 1 is 1.06 bits per heavy atom. The first-order chi connectivity index (χ1) is 7.99. The van der Waals surface area contributed by atoms with Crippen molar-refractivity contribution >= 4 is 11.6 Å². The topological polar surface area (TPSA) is 39.2 Å². The molecule has 0 amide bonds. The molecule has 0 radical (unpaired) electrons. The van der Waals surface area contributed by atoms with Crippen molar-refractivity contribution in [1.29, 1.82) is 0 Å². The van der Waals surface area contributed by atoms with Crippen molar-refractivity contribution in [3.63, 3.8) is 0 Å². The largest absolute Gasteiger partial charge is 0.448 e. The Balaban J connectivity index is 2.43. The predicted molar refractivity (Wildman–Crippen MR) is 56.1 cm³/mol. The number of hydrogen-bond acceptors (Lipinski definition) is 2. The summed E-state index contributed by atoms with van der Waals surface area (Å²) in [4.78, 5) is 0. The van der Waals surface area contributed by atoms with Gasteiger partial charge < -0.3 is 10.2 Å². The third-order valence-corrected chi connectivity index (χ3v) is 2.48. The molecule has 90 valence electrons. The van der Waals surface area contributed by atoms with E-state index in [1.807, 2.05) is 0 Å². The van der Waals surface area contributed by atoms with Crippen LogP contribution in [0.15, 0.2) is 28.7 Å². The molecule has 1 atom stereocenters. The Morgan fingerprint density at radius 2 is 1.71 bits per heavy atom. The molecule has 2 nitrogen and oxygen atoms in total. The molecule has 1 aromatic heterocycles. The van der Waals surface area contributed by atoms with Crippen molar-refractivity contribution in [3.05, 3.63) is 58.3 Å². The molecule has 2 rings (SSSR count). The Morgan fingerprint density at radius 3 is 2.29 bits per heavy atom. The summed E-state index contributed by atoms with van der Waals surface area (Å²) in [6, 6.07) is 2.96. The molecule has 2 N–H and O–H groups in total. The molecule has 0 saturated heterocycles. The fourth-order valence-electron chi connectivity index (χ4n) is 1.42. The second-order valence-corrected chi connectivity index (χ2v) is 3.78. The molecule has 0 bridgehead atoms. The molecule has 17 heavy (non-hydrogen) atoms. The molecular weight excluding hydrogens is 255 g/mol. The van der Waals surface area contributed by atoms with Crippen LogP contribution in [0.5, 0.6) is 0 Å². The van der Waals surface area contributed by atoms with Gasteiger partial charge in [-0.15, -0.1) is 0 Å². The molecule has 1 unspecified atom stereocenters. The van der Waals surface area contributed by atoms with E-state index in [-0.39, 0.29) is 16.5 Å². The van der Waals surface area contributed by atoms with Gasteiger partial charge >= 0.3 is 0 Å². The van der Waals surface area contributed by atoms with E-state index < -0.39 is 23.5 Å². The lowest BCUT2D eigenvalue weighted by Gasteiger charge is -2.10. The van der Waals surface area contributed by atoms with Crippen LogP contribution in [0, 0.1) is 17.5 Å². The number of halogens is 4. The van der Waals surface area contributed by atoms with Crippen LogP contribution in [-0.2, 0) is 0 Å². The van der Waals surface area contributed by atoms with Gasteiger partial charge in [0.25, 0.3) is 0 Å². The Labute approximate surface area is 99.8 Å². The summed E-state index contributed by atoms with van der Waals surface area (Å²) in [5.74, 6) is -3.21. The highest BCUT2D eigenvalue weighted by Crippen LogP contribution is 2.26. The zero-order valence-corrected chi connectivity index (χ0v) is 9.14. The first kappa shape index (κ1) is 12.0. The summed E-state index contributed by atoms with van der Waals surface area (Å²) in [6.45, 7) is 0. The van der Waals surface area contributed by atoms with E-state index in [0.29, 0.717) is 12.1 Å². The second kappa shape index (κ2) is 4.43. The number of benzene rings is 1. The van der Waals surface area contributed by atoms with Crippen LogP contribution in [0.4, 0.5) is 13.2 Å². The zero-order chi connectivity index (χ0) is 12.6. The SMILES string of the molecule is NC(c1ccc(Cl)o1)c1cc(F)c(F)cc1F. The van der Waals surface area contributed by atoms with E-state index >= 15 is 0 Å². The van der Waals surface area contributed by atoms with Crippen LogP contribution >= 0.6 is 11.6 Å². The average molecular weight is 262 g/mol. The fraction of sp³-hybridized carbons (Fsp3) is 0.0909. The van der Waals surface area contributed by atoms with E-state index in [9.17, 15) is 13.2 Å². The van der Waals surface area contributed by atoms with Crippen LogP contribution in [0.1, 0.15) is 17.4 Å². The Bertz CT molecular complexity index is 556. The molecule has 0 aliphatic carbocycles. The lowest BCUT2D eigenvalue weighted by molar-refractivity contribution is 0.465. The predicted octanol–water partition coefficient (Wildman–Crippen LogP) is 3.40. The summed E-state index contributed by atoms with van der Waals surface area (Å²) in [5, 5.41) is 0.0819. The quantitative estimate of drug-likeness (QED) is 0.842. The molecule has 0 aliphatic heterocycles. The fourth-order valence-corrected chi connectivity index (χ4v) is 1.58. The van der Waals surface area contributed by atoms with E-state index in [2.05, 4.69) is 0 Å². The molecule has 6 heteroatoms. The van der Waals surface area contributed by atoms with Gasteiger partial charge in [-0.25, -0.2) is 13.2 Å². The number of rotatable bonds is 2. The summed E-state index contributed by atoms with van der Waals surface area (Å²) in [6.07, 6.45) is 0. The average Bonchev–Trinajstić information content (AvgIpc) is 2.69. The van der Waals surface area contributed by atoms with Crippen LogP contribution in [0.3, 0.4) is 0 Å². The minimum absolute atomic E-state index is 0.0819. The smallest absolute Gasteiger partial charge is 0.193 e. The van der Waals surface area contributed by atoms with Gasteiger partial charge in [0.05, 0.1) is 6.04 Å². The van der Waals surface area contributed by atoms with Crippen molar-refractivity contribution in [2.75, 3.05) is 0 Å². The number of furan rings is 1. The molecule has 0 spiro atoms. The van der Waals surface area contributed by atoms with E-state index in [1.54, 1.807) is 0 Å². The van der Waals surface area contributed by atoms with Gasteiger partial charge in [-0.05, 0) is 29.8 Å². The third kappa shape index (κ3) is 2.30. The maximum atomic E-state index is 13.4. The number of hydrogen-bond donors (Lipinski definition) is 1. The monoisotopic (exact) mass is 261 g/mol.